The summed E-state index contributed by atoms with van der Waals surface area (Å²) in [5.74, 6) is -1.76. The molecule has 0 aliphatic heterocycles. The quantitative estimate of drug-likeness (QED) is 0.590. The number of benzene rings is 1. The van der Waals surface area contributed by atoms with E-state index in [0.717, 1.165) is 31.0 Å². The Morgan fingerprint density at radius 3 is 2.37 bits per heavy atom. The summed E-state index contributed by atoms with van der Waals surface area (Å²) < 4.78 is 26.9. The van der Waals surface area contributed by atoms with Crippen LogP contribution < -0.4 is 22.1 Å². The van der Waals surface area contributed by atoms with Crippen molar-refractivity contribution in [3.63, 3.8) is 0 Å². The van der Waals surface area contributed by atoms with E-state index in [1.54, 1.807) is 0 Å². The van der Waals surface area contributed by atoms with Gasteiger partial charge in [0.15, 0.2) is 0 Å². The van der Waals surface area contributed by atoms with Gasteiger partial charge in [0.1, 0.15) is 23.0 Å². The van der Waals surface area contributed by atoms with Gasteiger partial charge in [-0.05, 0) is 30.9 Å². The molecule has 1 saturated carbocycles. The normalized spacial score (nSPS) is 16.1. The van der Waals surface area contributed by atoms with Crippen molar-refractivity contribution in [3.8, 4) is 0 Å². The fourth-order valence-electron chi connectivity index (χ4n) is 3.06. The molecule has 2 aromatic rings. The van der Waals surface area contributed by atoms with Gasteiger partial charge in [0.2, 0.25) is 5.95 Å². The molecule has 1 atom stereocenters. The number of anilines is 3. The molecule has 1 fully saturated rings. The minimum Gasteiger partial charge on any atom is -0.365 e. The van der Waals surface area contributed by atoms with Crippen molar-refractivity contribution in [2.24, 2.45) is 17.4 Å². The molecule has 0 bridgehead atoms. The molecule has 1 amide bonds. The lowest BCUT2D eigenvalue weighted by atomic mass is 9.95. The molecule has 7 nitrogen and oxygen atoms in total. The number of amides is 1. The highest BCUT2D eigenvalue weighted by atomic mass is 19.1. The first-order valence-corrected chi connectivity index (χ1v) is 8.63. The van der Waals surface area contributed by atoms with Crippen molar-refractivity contribution in [2.45, 2.75) is 38.3 Å². The number of aromatic nitrogens is 2. The molecule has 9 heteroatoms. The molecule has 0 radical (unpaired) electrons. The Morgan fingerprint density at radius 1 is 1.22 bits per heavy atom. The topological polar surface area (TPSA) is 119 Å². The van der Waals surface area contributed by atoms with Crippen LogP contribution in [0.25, 0.3) is 0 Å². The van der Waals surface area contributed by atoms with Crippen LogP contribution in [-0.2, 0) is 0 Å². The van der Waals surface area contributed by atoms with Gasteiger partial charge in [-0.1, -0.05) is 13.8 Å². The van der Waals surface area contributed by atoms with E-state index in [0.29, 0.717) is 0 Å². The van der Waals surface area contributed by atoms with E-state index in [1.807, 2.05) is 13.8 Å². The lowest BCUT2D eigenvalue weighted by Crippen LogP contribution is -2.46. The summed E-state index contributed by atoms with van der Waals surface area (Å²) in [5, 5.41) is 5.94. The summed E-state index contributed by atoms with van der Waals surface area (Å²) in [4.78, 5) is 20.1. The summed E-state index contributed by atoms with van der Waals surface area (Å²) >= 11 is 0. The van der Waals surface area contributed by atoms with Crippen LogP contribution in [0.2, 0.25) is 0 Å². The Morgan fingerprint density at radius 2 is 1.85 bits per heavy atom. The van der Waals surface area contributed by atoms with Crippen LogP contribution in [0, 0.1) is 17.6 Å². The van der Waals surface area contributed by atoms with Crippen molar-refractivity contribution in [1.82, 2.24) is 9.97 Å². The fourth-order valence-corrected chi connectivity index (χ4v) is 3.06. The lowest BCUT2D eigenvalue weighted by Gasteiger charge is -2.28. The molecule has 144 valence electrons. The minimum atomic E-state index is -0.765. The highest BCUT2D eigenvalue weighted by Crippen LogP contribution is 2.39. The lowest BCUT2D eigenvalue weighted by molar-refractivity contribution is 0.100. The van der Waals surface area contributed by atoms with Gasteiger partial charge in [0, 0.05) is 29.5 Å². The van der Waals surface area contributed by atoms with E-state index in [2.05, 4.69) is 20.6 Å². The van der Waals surface area contributed by atoms with E-state index in [9.17, 15) is 13.6 Å². The van der Waals surface area contributed by atoms with Gasteiger partial charge in [-0.15, -0.1) is 0 Å². The monoisotopic (exact) mass is 376 g/mol. The predicted octanol–water partition coefficient (Wildman–Crippen LogP) is 2.53. The van der Waals surface area contributed by atoms with E-state index >= 15 is 0 Å². The number of halogens is 2. The summed E-state index contributed by atoms with van der Waals surface area (Å²) in [6.07, 6.45) is 3.06. The van der Waals surface area contributed by atoms with Crippen LogP contribution in [0.15, 0.2) is 24.4 Å². The Kier molecular flexibility index (Phi) is 4.97. The van der Waals surface area contributed by atoms with Crippen LogP contribution in [-0.4, -0.2) is 27.5 Å². The number of nitrogens with two attached hydrogens (primary N) is 2. The Hall–Kier alpha value is -2.81. The molecule has 1 aliphatic rings. The van der Waals surface area contributed by atoms with Gasteiger partial charge in [-0.3, -0.25) is 4.79 Å². The van der Waals surface area contributed by atoms with Gasteiger partial charge in [-0.2, -0.15) is 4.98 Å². The molecule has 27 heavy (non-hydrogen) atoms. The van der Waals surface area contributed by atoms with Gasteiger partial charge in [0.25, 0.3) is 5.91 Å². The number of hydrogen-bond donors (Lipinski definition) is 4. The Bertz CT molecular complexity index is 849. The molecule has 1 aliphatic carbocycles. The van der Waals surface area contributed by atoms with Crippen LogP contribution >= 0.6 is 0 Å². The van der Waals surface area contributed by atoms with Crippen molar-refractivity contribution in [3.05, 3.63) is 41.6 Å². The average molecular weight is 376 g/mol. The molecule has 6 N–H and O–H groups in total. The molecule has 0 spiro atoms. The largest absolute Gasteiger partial charge is 0.365 e. The first kappa shape index (κ1) is 19.0. The molecule has 1 aromatic carbocycles. The van der Waals surface area contributed by atoms with Gasteiger partial charge in [-0.25, -0.2) is 13.8 Å². The van der Waals surface area contributed by atoms with E-state index in [4.69, 9.17) is 11.5 Å². The maximum atomic E-state index is 13.4. The van der Waals surface area contributed by atoms with Crippen molar-refractivity contribution in [2.75, 3.05) is 10.6 Å². The van der Waals surface area contributed by atoms with E-state index < -0.39 is 17.5 Å². The summed E-state index contributed by atoms with van der Waals surface area (Å²) in [5.41, 5.74) is 11.5. The summed E-state index contributed by atoms with van der Waals surface area (Å²) in [7, 11) is 0. The van der Waals surface area contributed by atoms with Crippen LogP contribution in [0.1, 0.15) is 37.0 Å². The number of carbonyl (C=O) groups is 1. The van der Waals surface area contributed by atoms with Crippen LogP contribution in [0.4, 0.5) is 26.2 Å². The molecule has 1 heterocycles. The first-order chi connectivity index (χ1) is 12.7. The third-order valence-electron chi connectivity index (χ3n) is 4.58. The molecular formula is C18H22F2N6O. The number of nitrogens with one attached hydrogen (secondary N) is 2. The fraction of sp³-hybridized carbons (Fsp3) is 0.389. The van der Waals surface area contributed by atoms with Gasteiger partial charge < -0.3 is 22.1 Å². The van der Waals surface area contributed by atoms with E-state index in [1.165, 1.54) is 6.20 Å². The minimum absolute atomic E-state index is 0.000185. The molecule has 1 aromatic heterocycles. The molecule has 0 saturated heterocycles. The second-order valence-corrected chi connectivity index (χ2v) is 7.20. The number of carbonyl (C=O) groups excluding carboxylic acids is 1. The van der Waals surface area contributed by atoms with Crippen molar-refractivity contribution in [1.29, 1.82) is 0 Å². The molecular weight excluding hydrogens is 354 g/mol. The SMILES string of the molecule is CC(C)C(Nc1ncc(C(N)=O)c(Nc2cc(F)cc(F)c2)n1)C1(N)CC1. The second kappa shape index (κ2) is 7.07. The highest BCUT2D eigenvalue weighted by Gasteiger charge is 2.47. The third kappa shape index (κ3) is 4.30. The first-order valence-electron chi connectivity index (χ1n) is 8.63. The maximum Gasteiger partial charge on any atom is 0.254 e. The van der Waals surface area contributed by atoms with Crippen molar-refractivity contribution >= 4 is 23.4 Å². The number of rotatable bonds is 7. The highest BCUT2D eigenvalue weighted by molar-refractivity contribution is 5.98. The Labute approximate surface area is 155 Å². The predicted molar refractivity (Wildman–Crippen MR) is 98.6 cm³/mol. The zero-order valence-electron chi connectivity index (χ0n) is 15.1. The third-order valence-corrected chi connectivity index (χ3v) is 4.58. The number of nitrogens with zero attached hydrogens (tertiary/aromatic N) is 2. The molecule has 3 rings (SSSR count). The molecule has 1 unspecified atom stereocenters. The number of hydrogen-bond acceptors (Lipinski definition) is 6. The second-order valence-electron chi connectivity index (χ2n) is 7.20. The van der Waals surface area contributed by atoms with Crippen LogP contribution in [0.5, 0.6) is 0 Å². The number of primary amides is 1. The average Bonchev–Trinajstić information content (AvgIpc) is 3.29. The summed E-state index contributed by atoms with van der Waals surface area (Å²) in [6.45, 7) is 4.08. The zero-order valence-corrected chi connectivity index (χ0v) is 15.1. The smallest absolute Gasteiger partial charge is 0.254 e. The van der Waals surface area contributed by atoms with Crippen molar-refractivity contribution < 1.29 is 13.6 Å². The zero-order chi connectivity index (χ0) is 19.8. The summed E-state index contributed by atoms with van der Waals surface area (Å²) in [6, 6.07) is 2.85. The van der Waals surface area contributed by atoms with Crippen LogP contribution in [0.3, 0.4) is 0 Å². The Balaban J connectivity index is 1.91. The van der Waals surface area contributed by atoms with Gasteiger partial charge >= 0.3 is 0 Å². The standard InChI is InChI=1S/C18H22F2N6O/c1-9(2)14(18(22)3-4-18)25-17-23-8-13(15(21)27)16(26-17)24-12-6-10(19)5-11(20)7-12/h5-9,14H,3-4,22H2,1-2H3,(H2,21,27)(H2,23,24,25,26). The van der Waals surface area contributed by atoms with E-state index in [-0.39, 0.29) is 40.5 Å². The van der Waals surface area contributed by atoms with Gasteiger partial charge in [0.05, 0.1) is 0 Å². The maximum absolute atomic E-state index is 13.4.